The fourth-order valence-corrected chi connectivity index (χ4v) is 1.01. The van der Waals surface area contributed by atoms with Crippen LogP contribution in [0.2, 0.25) is 0 Å². The molecule has 0 heterocycles. The lowest BCUT2D eigenvalue weighted by Gasteiger charge is -2.02. The first-order valence-corrected chi connectivity index (χ1v) is 3.69. The second-order valence-electron chi connectivity index (χ2n) is 2.59. The average molecular weight is 154 g/mol. The quantitative estimate of drug-likeness (QED) is 0.638. The highest BCUT2D eigenvalue weighted by Crippen LogP contribution is 2.10. The van der Waals surface area contributed by atoms with Crippen LogP contribution >= 0.6 is 0 Å². The SMILES string of the molecule is CCCCc1c(O)c(=O)c1=O. The van der Waals surface area contributed by atoms with Gasteiger partial charge in [-0.05, 0) is 12.8 Å². The standard InChI is InChI=1S/C8H10O3/c1-2-3-4-5-6(9)8(11)7(5)10/h9H,2-4H2,1H3. The minimum Gasteiger partial charge on any atom is -0.504 e. The van der Waals surface area contributed by atoms with E-state index >= 15 is 0 Å². The number of aromatic hydroxyl groups is 1. The van der Waals surface area contributed by atoms with E-state index in [4.69, 9.17) is 5.11 Å². The van der Waals surface area contributed by atoms with E-state index in [2.05, 4.69) is 0 Å². The van der Waals surface area contributed by atoms with E-state index in [1.54, 1.807) is 0 Å². The summed E-state index contributed by atoms with van der Waals surface area (Å²) in [5.41, 5.74) is -0.913. The van der Waals surface area contributed by atoms with E-state index in [0.717, 1.165) is 12.8 Å². The Labute approximate surface area is 64.0 Å². The second kappa shape index (κ2) is 2.86. The smallest absolute Gasteiger partial charge is 0.267 e. The Kier molecular flexibility index (Phi) is 2.08. The van der Waals surface area contributed by atoms with Gasteiger partial charge in [0.25, 0.3) is 5.43 Å². The molecule has 0 spiro atoms. The molecule has 1 aromatic rings. The third kappa shape index (κ3) is 1.18. The van der Waals surface area contributed by atoms with E-state index in [1.807, 2.05) is 6.92 Å². The molecule has 11 heavy (non-hydrogen) atoms. The molecule has 0 saturated carbocycles. The largest absolute Gasteiger partial charge is 0.504 e. The van der Waals surface area contributed by atoms with Crippen LogP contribution in [0.1, 0.15) is 25.3 Å². The summed E-state index contributed by atoms with van der Waals surface area (Å²) in [6, 6.07) is 0. The fourth-order valence-electron chi connectivity index (χ4n) is 1.01. The zero-order valence-corrected chi connectivity index (χ0v) is 6.39. The van der Waals surface area contributed by atoms with Gasteiger partial charge in [-0.2, -0.15) is 0 Å². The summed E-state index contributed by atoms with van der Waals surface area (Å²) in [5, 5.41) is 8.88. The van der Waals surface area contributed by atoms with Gasteiger partial charge in [-0.1, -0.05) is 13.3 Å². The summed E-state index contributed by atoms with van der Waals surface area (Å²) in [6.45, 7) is 1.99. The van der Waals surface area contributed by atoms with E-state index in [1.165, 1.54) is 0 Å². The van der Waals surface area contributed by atoms with Gasteiger partial charge in [-0.25, -0.2) is 0 Å². The first-order chi connectivity index (χ1) is 5.18. The van der Waals surface area contributed by atoms with Gasteiger partial charge in [0.15, 0.2) is 5.75 Å². The minimum absolute atomic E-state index is 0.316. The first kappa shape index (κ1) is 7.98. The lowest BCUT2D eigenvalue weighted by molar-refractivity contribution is 0.452. The van der Waals surface area contributed by atoms with Crippen molar-refractivity contribution in [2.75, 3.05) is 0 Å². The third-order valence-electron chi connectivity index (χ3n) is 1.76. The molecule has 0 aliphatic heterocycles. The van der Waals surface area contributed by atoms with E-state index in [-0.39, 0.29) is 5.75 Å². The van der Waals surface area contributed by atoms with Gasteiger partial charge in [0.2, 0.25) is 5.43 Å². The van der Waals surface area contributed by atoms with E-state index < -0.39 is 10.9 Å². The molecule has 60 valence electrons. The molecular formula is C8H10O3. The van der Waals surface area contributed by atoms with Crippen molar-refractivity contribution in [2.24, 2.45) is 0 Å². The molecule has 0 aliphatic carbocycles. The molecule has 1 aromatic carbocycles. The van der Waals surface area contributed by atoms with Crippen LogP contribution in [0.4, 0.5) is 0 Å². The molecule has 0 saturated heterocycles. The average Bonchev–Trinajstić information content (AvgIpc) is 2.04. The molecule has 3 heteroatoms. The molecule has 0 fully saturated rings. The van der Waals surface area contributed by atoms with Gasteiger partial charge in [-0.3, -0.25) is 9.59 Å². The molecule has 0 atom stereocenters. The maximum absolute atomic E-state index is 10.7. The van der Waals surface area contributed by atoms with Crippen LogP contribution in [-0.2, 0) is 6.42 Å². The fraction of sp³-hybridized carbons (Fsp3) is 0.500. The van der Waals surface area contributed by atoms with Gasteiger partial charge in [0, 0.05) is 5.56 Å². The summed E-state index contributed by atoms with van der Waals surface area (Å²) in [4.78, 5) is 21.2. The predicted octanol–water partition coefficient (Wildman–Crippen LogP) is 0.331. The van der Waals surface area contributed by atoms with Gasteiger partial charge in [0.1, 0.15) is 0 Å². The molecule has 1 rings (SSSR count). The molecular weight excluding hydrogens is 144 g/mol. The highest BCUT2D eigenvalue weighted by Gasteiger charge is 2.18. The maximum atomic E-state index is 10.7. The van der Waals surface area contributed by atoms with Crippen molar-refractivity contribution in [3.05, 3.63) is 26.0 Å². The maximum Gasteiger partial charge on any atom is 0.267 e. The van der Waals surface area contributed by atoms with Crippen molar-refractivity contribution in [1.29, 1.82) is 0 Å². The molecule has 0 bridgehead atoms. The Balaban J connectivity index is 2.75. The Bertz CT molecular complexity index is 318. The van der Waals surface area contributed by atoms with Crippen molar-refractivity contribution in [2.45, 2.75) is 26.2 Å². The molecule has 1 N–H and O–H groups in total. The van der Waals surface area contributed by atoms with Crippen LogP contribution in [-0.4, -0.2) is 5.11 Å². The number of rotatable bonds is 3. The van der Waals surface area contributed by atoms with E-state index in [9.17, 15) is 9.59 Å². The number of hydrogen-bond donors (Lipinski definition) is 1. The van der Waals surface area contributed by atoms with Gasteiger partial charge in [0.05, 0.1) is 0 Å². The summed E-state index contributed by atoms with van der Waals surface area (Å²) in [6.07, 6.45) is 2.34. The Hall–Kier alpha value is -1.12. The zero-order chi connectivity index (χ0) is 8.43. The lowest BCUT2D eigenvalue weighted by Crippen LogP contribution is -2.34. The predicted molar refractivity (Wildman–Crippen MR) is 41.6 cm³/mol. The van der Waals surface area contributed by atoms with Crippen LogP contribution in [0.15, 0.2) is 9.59 Å². The van der Waals surface area contributed by atoms with Crippen molar-refractivity contribution >= 4 is 0 Å². The van der Waals surface area contributed by atoms with Crippen LogP contribution in [0.25, 0.3) is 0 Å². The second-order valence-corrected chi connectivity index (χ2v) is 2.59. The van der Waals surface area contributed by atoms with Gasteiger partial charge in [-0.15, -0.1) is 0 Å². The highest BCUT2D eigenvalue weighted by molar-refractivity contribution is 5.37. The van der Waals surface area contributed by atoms with Crippen molar-refractivity contribution in [3.8, 4) is 5.75 Å². The van der Waals surface area contributed by atoms with Crippen molar-refractivity contribution in [1.82, 2.24) is 0 Å². The van der Waals surface area contributed by atoms with Crippen LogP contribution < -0.4 is 10.9 Å². The topological polar surface area (TPSA) is 54.4 Å². The van der Waals surface area contributed by atoms with Crippen molar-refractivity contribution in [3.63, 3.8) is 0 Å². The summed E-state index contributed by atoms with van der Waals surface area (Å²) in [7, 11) is 0. The van der Waals surface area contributed by atoms with Gasteiger partial charge < -0.3 is 5.11 Å². The van der Waals surface area contributed by atoms with Crippen molar-refractivity contribution < 1.29 is 5.11 Å². The third-order valence-corrected chi connectivity index (χ3v) is 1.76. The molecule has 0 aliphatic rings. The Morgan fingerprint density at radius 3 is 2.36 bits per heavy atom. The monoisotopic (exact) mass is 154 g/mol. The number of unbranched alkanes of at least 4 members (excludes halogenated alkanes) is 1. The Morgan fingerprint density at radius 1 is 1.27 bits per heavy atom. The van der Waals surface area contributed by atoms with Crippen LogP contribution in [0, 0.1) is 0 Å². The first-order valence-electron chi connectivity index (χ1n) is 3.69. The number of hydrogen-bond acceptors (Lipinski definition) is 3. The zero-order valence-electron chi connectivity index (χ0n) is 6.39. The van der Waals surface area contributed by atoms with Gasteiger partial charge >= 0.3 is 0 Å². The summed E-state index contributed by atoms with van der Waals surface area (Å²) in [5.74, 6) is -0.316. The highest BCUT2D eigenvalue weighted by atomic mass is 16.3. The molecule has 0 aromatic heterocycles. The van der Waals surface area contributed by atoms with Crippen LogP contribution in [0.5, 0.6) is 5.75 Å². The van der Waals surface area contributed by atoms with E-state index in [0.29, 0.717) is 12.0 Å². The van der Waals surface area contributed by atoms with Crippen LogP contribution in [0.3, 0.4) is 0 Å². The molecule has 0 amide bonds. The molecule has 0 unspecified atom stereocenters. The Morgan fingerprint density at radius 2 is 1.91 bits per heavy atom. The lowest BCUT2D eigenvalue weighted by atomic mass is 10.0. The normalized spacial score (nSPS) is 10.6. The molecule has 0 radical (unpaired) electrons. The summed E-state index contributed by atoms with van der Waals surface area (Å²) >= 11 is 0. The minimum atomic E-state index is -0.726. The summed E-state index contributed by atoms with van der Waals surface area (Å²) < 4.78 is 0. The molecule has 3 nitrogen and oxygen atoms in total.